The Hall–Kier alpha value is -4.56. The number of anilines is 3. The number of para-hydroxylation sites is 1. The minimum Gasteiger partial charge on any atom is -0.494 e. The highest BCUT2D eigenvalue weighted by atomic mass is 16.6. The first-order chi connectivity index (χ1) is 19.1. The van der Waals surface area contributed by atoms with Gasteiger partial charge in [0, 0.05) is 12.0 Å². The zero-order valence-corrected chi connectivity index (χ0v) is 22.6. The van der Waals surface area contributed by atoms with Crippen molar-refractivity contribution in [2.45, 2.75) is 24.6 Å². The highest BCUT2D eigenvalue weighted by molar-refractivity contribution is 6.60. The summed E-state index contributed by atoms with van der Waals surface area (Å²) in [5.41, 5.74) is 1.33. The Morgan fingerprint density at radius 3 is 2.67 bits per heavy atom. The highest BCUT2D eigenvalue weighted by Crippen LogP contribution is 2.37. The number of carbonyl (C=O) groups is 3. The van der Waals surface area contributed by atoms with Crippen molar-refractivity contribution in [2.24, 2.45) is 5.92 Å². The molecule has 2 aliphatic rings. The maximum atomic E-state index is 13.1. The van der Waals surface area contributed by atoms with Crippen LogP contribution in [0.2, 0.25) is 0 Å². The van der Waals surface area contributed by atoms with Gasteiger partial charge in [-0.2, -0.15) is 4.98 Å². The van der Waals surface area contributed by atoms with Crippen LogP contribution in [0.15, 0.2) is 28.8 Å². The van der Waals surface area contributed by atoms with Gasteiger partial charge in [-0.3, -0.25) is 14.5 Å². The SMILES string of the molecule is BC(B)(B)NC(=O)c1nnc(NC(=O)C2CC2)cc1Nc1cccc(-c2noc(CN3CCOC3=O)n2)c1OC. The Balaban J connectivity index is 1.45. The molecule has 0 bridgehead atoms. The number of hydrogen-bond donors (Lipinski definition) is 3. The molecule has 2 aromatic heterocycles. The summed E-state index contributed by atoms with van der Waals surface area (Å²) in [6.45, 7) is 0.872. The third kappa shape index (κ3) is 6.19. The fraction of sp³-hybridized carbons (Fsp3) is 0.348. The molecule has 1 saturated heterocycles. The van der Waals surface area contributed by atoms with Crippen LogP contribution in [-0.4, -0.2) is 92.2 Å². The van der Waals surface area contributed by atoms with E-state index in [0.29, 0.717) is 35.8 Å². The summed E-state index contributed by atoms with van der Waals surface area (Å²) >= 11 is 0. The quantitative estimate of drug-likeness (QED) is 0.262. The zero-order chi connectivity index (χ0) is 28.4. The number of hydrogen-bond acceptors (Lipinski definition) is 11. The Bertz CT molecular complexity index is 1460. The molecular formula is C23H27B3N8O6. The molecule has 204 valence electrons. The minimum atomic E-state index is -0.519. The van der Waals surface area contributed by atoms with Crippen LogP contribution >= 0.6 is 0 Å². The van der Waals surface area contributed by atoms with Crippen LogP contribution < -0.4 is 20.7 Å². The molecule has 0 radical (unpaired) electrons. The van der Waals surface area contributed by atoms with E-state index in [2.05, 4.69) is 36.3 Å². The summed E-state index contributed by atoms with van der Waals surface area (Å²) in [7, 11) is 7.06. The van der Waals surface area contributed by atoms with Gasteiger partial charge in [-0.25, -0.2) is 4.79 Å². The molecule has 40 heavy (non-hydrogen) atoms. The van der Waals surface area contributed by atoms with Crippen LogP contribution in [0, 0.1) is 5.92 Å². The largest absolute Gasteiger partial charge is 0.494 e. The number of aromatic nitrogens is 4. The molecule has 14 nitrogen and oxygen atoms in total. The lowest BCUT2D eigenvalue weighted by Crippen LogP contribution is -2.50. The summed E-state index contributed by atoms with van der Waals surface area (Å²) in [4.78, 5) is 43.1. The van der Waals surface area contributed by atoms with E-state index in [9.17, 15) is 14.4 Å². The van der Waals surface area contributed by atoms with Crippen molar-refractivity contribution < 1.29 is 28.4 Å². The predicted octanol–water partition coefficient (Wildman–Crippen LogP) is -1.18. The van der Waals surface area contributed by atoms with Gasteiger partial charge in [-0.05, 0) is 30.2 Å². The Morgan fingerprint density at radius 1 is 1.20 bits per heavy atom. The maximum Gasteiger partial charge on any atom is 0.410 e. The highest BCUT2D eigenvalue weighted by Gasteiger charge is 2.30. The number of amides is 3. The maximum absolute atomic E-state index is 13.1. The van der Waals surface area contributed by atoms with Gasteiger partial charge in [0.1, 0.15) is 36.7 Å². The first kappa shape index (κ1) is 27.0. The molecule has 0 atom stereocenters. The summed E-state index contributed by atoms with van der Waals surface area (Å²) in [5, 5.41) is 20.6. The molecule has 1 aliphatic heterocycles. The van der Waals surface area contributed by atoms with Crippen LogP contribution in [0.1, 0.15) is 29.2 Å². The lowest BCUT2D eigenvalue weighted by Gasteiger charge is -2.21. The smallest absolute Gasteiger partial charge is 0.410 e. The molecular weight excluding hydrogens is 517 g/mol. The first-order valence-corrected chi connectivity index (χ1v) is 12.8. The molecule has 2 fully saturated rings. The topological polar surface area (TPSA) is 174 Å². The number of carbonyl (C=O) groups excluding carboxylic acids is 3. The van der Waals surface area contributed by atoms with Crippen molar-refractivity contribution >= 4 is 58.6 Å². The van der Waals surface area contributed by atoms with Crippen molar-refractivity contribution in [2.75, 3.05) is 30.9 Å². The first-order valence-electron chi connectivity index (χ1n) is 12.8. The molecule has 3 amide bonds. The summed E-state index contributed by atoms with van der Waals surface area (Å²) in [6, 6.07) is 6.81. The monoisotopic (exact) mass is 544 g/mol. The Labute approximate surface area is 232 Å². The van der Waals surface area contributed by atoms with Gasteiger partial charge in [0.2, 0.25) is 17.6 Å². The predicted molar refractivity (Wildman–Crippen MR) is 151 cm³/mol. The average molecular weight is 544 g/mol. The fourth-order valence-electron chi connectivity index (χ4n) is 4.03. The molecule has 3 heterocycles. The number of nitrogens with zero attached hydrogens (tertiary/aromatic N) is 5. The van der Waals surface area contributed by atoms with E-state index in [-0.39, 0.29) is 41.6 Å². The van der Waals surface area contributed by atoms with Gasteiger partial charge in [0.25, 0.3) is 5.91 Å². The lowest BCUT2D eigenvalue weighted by atomic mass is 9.49. The van der Waals surface area contributed by atoms with E-state index in [1.807, 2.05) is 23.5 Å². The van der Waals surface area contributed by atoms with Crippen molar-refractivity contribution in [3.63, 3.8) is 0 Å². The molecule has 5 rings (SSSR count). The molecule has 1 aromatic carbocycles. The van der Waals surface area contributed by atoms with Crippen LogP contribution in [0.3, 0.4) is 0 Å². The molecule has 17 heteroatoms. The number of nitrogens with one attached hydrogen (secondary N) is 3. The summed E-state index contributed by atoms with van der Waals surface area (Å²) < 4.78 is 16.0. The molecule has 3 aromatic rings. The van der Waals surface area contributed by atoms with Crippen molar-refractivity contribution in [1.82, 2.24) is 30.6 Å². The molecule has 0 unspecified atom stereocenters. The number of ether oxygens (including phenoxy) is 2. The third-order valence-electron chi connectivity index (χ3n) is 6.07. The van der Waals surface area contributed by atoms with Crippen LogP contribution in [0.25, 0.3) is 11.4 Å². The van der Waals surface area contributed by atoms with E-state index >= 15 is 0 Å². The van der Waals surface area contributed by atoms with Gasteiger partial charge in [-0.1, -0.05) is 11.2 Å². The van der Waals surface area contributed by atoms with E-state index in [1.54, 1.807) is 24.3 Å². The fourth-order valence-corrected chi connectivity index (χ4v) is 4.03. The van der Waals surface area contributed by atoms with Gasteiger partial charge in [0.15, 0.2) is 17.3 Å². The number of benzene rings is 1. The van der Waals surface area contributed by atoms with Crippen molar-refractivity contribution in [3.05, 3.63) is 35.9 Å². The molecule has 1 saturated carbocycles. The van der Waals surface area contributed by atoms with Crippen LogP contribution in [-0.2, 0) is 16.1 Å². The lowest BCUT2D eigenvalue weighted by molar-refractivity contribution is -0.117. The Morgan fingerprint density at radius 2 is 2.00 bits per heavy atom. The van der Waals surface area contributed by atoms with E-state index in [0.717, 1.165) is 12.8 Å². The third-order valence-corrected chi connectivity index (χ3v) is 6.07. The van der Waals surface area contributed by atoms with Crippen LogP contribution in [0.4, 0.5) is 22.0 Å². The molecule has 0 spiro atoms. The zero-order valence-electron chi connectivity index (χ0n) is 22.6. The normalized spacial score (nSPS) is 14.9. The Kier molecular flexibility index (Phi) is 7.37. The second-order valence-electron chi connectivity index (χ2n) is 10.5. The summed E-state index contributed by atoms with van der Waals surface area (Å²) in [6.07, 6.45) is 1.23. The average Bonchev–Trinajstić information content (AvgIpc) is 3.53. The van der Waals surface area contributed by atoms with Gasteiger partial charge >= 0.3 is 6.09 Å². The summed E-state index contributed by atoms with van der Waals surface area (Å²) in [5.74, 6) is 0.462. The minimum absolute atomic E-state index is 0.0326. The van der Waals surface area contributed by atoms with Crippen molar-refractivity contribution in [3.8, 4) is 17.1 Å². The van der Waals surface area contributed by atoms with Gasteiger partial charge < -0.3 is 29.9 Å². The van der Waals surface area contributed by atoms with Crippen molar-refractivity contribution in [1.29, 1.82) is 0 Å². The molecule has 1 aliphatic carbocycles. The standard InChI is InChI=1S/C23H27B3N8O6/c1-38-18-12(19-29-16(40-33-19)10-34-7-8-39-22(34)37)3-2-4-13(18)27-14-9-15(28-20(35)11-5-6-11)31-32-17(14)21(36)30-23(24,25)26/h2-4,9,11H,5-8,10,24-26H2,1H3,(H,30,36)(H2,27,28,31,35). The van der Waals surface area contributed by atoms with Gasteiger partial charge in [0.05, 0.1) is 30.6 Å². The number of cyclic esters (lactones) is 1. The van der Waals surface area contributed by atoms with E-state index in [1.165, 1.54) is 12.0 Å². The van der Waals surface area contributed by atoms with E-state index in [4.69, 9.17) is 14.0 Å². The number of rotatable bonds is 10. The number of methoxy groups -OCH3 is 1. The van der Waals surface area contributed by atoms with E-state index < -0.39 is 17.2 Å². The van der Waals surface area contributed by atoms with Gasteiger partial charge in [-0.15, -0.1) is 10.2 Å². The second kappa shape index (κ2) is 10.9. The van der Waals surface area contributed by atoms with Crippen LogP contribution in [0.5, 0.6) is 5.75 Å². The second-order valence-corrected chi connectivity index (χ2v) is 10.5. The molecule has 3 N–H and O–H groups in total.